The van der Waals surface area contributed by atoms with Crippen molar-refractivity contribution < 1.29 is 4.74 Å². The maximum absolute atomic E-state index is 7.15. The van der Waals surface area contributed by atoms with Crippen molar-refractivity contribution in [3.8, 4) is 0 Å². The van der Waals surface area contributed by atoms with Gasteiger partial charge < -0.3 is 9.64 Å². The van der Waals surface area contributed by atoms with Gasteiger partial charge in [0.05, 0.1) is 23.4 Å². The molecule has 1 N–H and O–H groups in total. The van der Waals surface area contributed by atoms with E-state index in [1.165, 1.54) is 41.4 Å². The van der Waals surface area contributed by atoms with Crippen molar-refractivity contribution in [1.82, 2.24) is 15.1 Å². The quantitative estimate of drug-likeness (QED) is 0.647. The number of aromatic nitrogens is 2. The van der Waals surface area contributed by atoms with Gasteiger partial charge in [0.1, 0.15) is 0 Å². The van der Waals surface area contributed by atoms with Crippen LogP contribution in [-0.2, 0) is 4.74 Å². The third-order valence-corrected chi connectivity index (χ3v) is 9.02. The molecule has 1 aromatic carbocycles. The van der Waals surface area contributed by atoms with E-state index in [2.05, 4.69) is 78.6 Å². The van der Waals surface area contributed by atoms with Gasteiger partial charge in [-0.05, 0) is 93.8 Å². The van der Waals surface area contributed by atoms with Crippen LogP contribution in [0.15, 0.2) is 54.3 Å². The van der Waals surface area contributed by atoms with Crippen LogP contribution in [0.1, 0.15) is 57.4 Å². The van der Waals surface area contributed by atoms with Crippen molar-refractivity contribution in [3.63, 3.8) is 0 Å². The highest BCUT2D eigenvalue weighted by Gasteiger charge is 2.53. The van der Waals surface area contributed by atoms with Crippen molar-refractivity contribution in [2.45, 2.75) is 69.6 Å². The van der Waals surface area contributed by atoms with Gasteiger partial charge in [-0.15, -0.1) is 0 Å². The van der Waals surface area contributed by atoms with E-state index < -0.39 is 0 Å². The lowest BCUT2D eigenvalue weighted by Gasteiger charge is -2.44. The Labute approximate surface area is 191 Å². The Bertz CT molecular complexity index is 1120. The summed E-state index contributed by atoms with van der Waals surface area (Å²) in [5, 5.41) is 8.49. The molecule has 32 heavy (non-hydrogen) atoms. The van der Waals surface area contributed by atoms with Crippen molar-refractivity contribution in [2.75, 3.05) is 14.1 Å². The minimum absolute atomic E-state index is 0.0566. The number of fused-ring (bicyclic) bond motifs is 4. The summed E-state index contributed by atoms with van der Waals surface area (Å²) in [6.45, 7) is 2.48. The highest BCUT2D eigenvalue weighted by Crippen LogP contribution is 2.58. The van der Waals surface area contributed by atoms with Crippen LogP contribution in [0.3, 0.4) is 0 Å². The molecule has 2 bridgehead atoms. The molecule has 2 aliphatic heterocycles. The van der Waals surface area contributed by atoms with Crippen LogP contribution in [-0.4, -0.2) is 46.9 Å². The summed E-state index contributed by atoms with van der Waals surface area (Å²) < 4.78 is 7.15. The van der Waals surface area contributed by atoms with E-state index in [-0.39, 0.29) is 11.0 Å². The average Bonchev–Trinajstić information content (AvgIpc) is 3.49. The molecule has 1 saturated heterocycles. The number of nitrogens with one attached hydrogen (secondary N) is 1. The molecule has 2 fully saturated rings. The summed E-state index contributed by atoms with van der Waals surface area (Å²) in [6, 6.07) is 7.35. The largest absolute Gasteiger partial charge is 0.367 e. The first kappa shape index (κ1) is 20.4. The van der Waals surface area contributed by atoms with Crippen molar-refractivity contribution in [3.05, 3.63) is 59.8 Å². The highest BCUT2D eigenvalue weighted by atomic mass is 16.5. The molecule has 0 amide bonds. The molecule has 1 aromatic heterocycles. The Hall–Kier alpha value is -2.17. The number of hydrogen-bond acceptors (Lipinski definition) is 3. The Kier molecular flexibility index (Phi) is 4.74. The summed E-state index contributed by atoms with van der Waals surface area (Å²) >= 11 is 0. The number of nitrogens with zero attached hydrogens (tertiary/aromatic N) is 2. The van der Waals surface area contributed by atoms with Gasteiger partial charge in [0, 0.05) is 16.8 Å². The van der Waals surface area contributed by atoms with E-state index in [4.69, 9.17) is 4.74 Å². The van der Waals surface area contributed by atoms with Gasteiger partial charge in [0.25, 0.3) is 0 Å². The maximum Gasteiger partial charge on any atom is 0.0914 e. The molecule has 6 rings (SSSR count). The van der Waals surface area contributed by atoms with Crippen LogP contribution < -0.4 is 0 Å². The molecule has 3 heterocycles. The molecule has 5 atom stereocenters. The number of rotatable bonds is 2. The van der Waals surface area contributed by atoms with Crippen LogP contribution in [0.2, 0.25) is 0 Å². The molecule has 0 radical (unpaired) electrons. The van der Waals surface area contributed by atoms with Gasteiger partial charge in [-0.2, -0.15) is 5.10 Å². The van der Waals surface area contributed by atoms with Crippen molar-refractivity contribution in [2.24, 2.45) is 11.3 Å². The summed E-state index contributed by atoms with van der Waals surface area (Å²) in [7, 11) is 4.45. The number of allylic oxidation sites excluding steroid dienone is 5. The maximum atomic E-state index is 7.15. The van der Waals surface area contributed by atoms with Crippen molar-refractivity contribution in [1.29, 1.82) is 0 Å². The van der Waals surface area contributed by atoms with Crippen molar-refractivity contribution >= 4 is 16.5 Å². The first-order chi connectivity index (χ1) is 15.5. The number of ether oxygens (including phenoxy) is 1. The third-order valence-electron chi connectivity index (χ3n) is 9.02. The fourth-order valence-corrected chi connectivity index (χ4v) is 7.11. The zero-order valence-corrected chi connectivity index (χ0v) is 19.6. The summed E-state index contributed by atoms with van der Waals surface area (Å²) in [5.41, 5.74) is 5.49. The molecule has 2 unspecified atom stereocenters. The fourth-order valence-electron chi connectivity index (χ4n) is 7.11. The van der Waals surface area contributed by atoms with Gasteiger partial charge in [0.2, 0.25) is 0 Å². The van der Waals surface area contributed by atoms with E-state index in [1.54, 1.807) is 0 Å². The predicted octanol–water partition coefficient (Wildman–Crippen LogP) is 5.89. The highest BCUT2D eigenvalue weighted by molar-refractivity contribution is 5.84. The second-order valence-corrected chi connectivity index (χ2v) is 10.9. The molecular weight excluding hydrogens is 394 g/mol. The van der Waals surface area contributed by atoms with Crippen LogP contribution >= 0.6 is 0 Å². The molecule has 4 nitrogen and oxygen atoms in total. The fraction of sp³-hybridized carbons (Fsp3) is 0.536. The van der Waals surface area contributed by atoms with Gasteiger partial charge in [-0.3, -0.25) is 5.10 Å². The average molecular weight is 430 g/mol. The monoisotopic (exact) mass is 429 g/mol. The number of benzene rings is 1. The first-order valence-corrected chi connectivity index (χ1v) is 12.3. The molecular formula is C28H35N3O. The summed E-state index contributed by atoms with van der Waals surface area (Å²) in [4.78, 5) is 2.41. The smallest absolute Gasteiger partial charge is 0.0914 e. The van der Waals surface area contributed by atoms with Gasteiger partial charge >= 0.3 is 0 Å². The molecule has 4 aliphatic rings. The van der Waals surface area contributed by atoms with E-state index in [0.29, 0.717) is 18.1 Å². The van der Waals surface area contributed by atoms with E-state index in [9.17, 15) is 0 Å². The van der Waals surface area contributed by atoms with Gasteiger partial charge in [-0.1, -0.05) is 37.3 Å². The zero-order chi connectivity index (χ0) is 21.9. The lowest BCUT2D eigenvalue weighted by atomic mass is 9.68. The zero-order valence-electron chi connectivity index (χ0n) is 19.6. The Morgan fingerprint density at radius 3 is 3.00 bits per heavy atom. The van der Waals surface area contributed by atoms with Crippen LogP contribution in [0, 0.1) is 11.3 Å². The summed E-state index contributed by atoms with van der Waals surface area (Å²) in [6.07, 6.45) is 20.0. The van der Waals surface area contributed by atoms with E-state index in [0.717, 1.165) is 31.2 Å². The minimum atomic E-state index is -0.0566. The number of aromatic amines is 1. The lowest BCUT2D eigenvalue weighted by molar-refractivity contribution is -0.0774. The van der Waals surface area contributed by atoms with Crippen LogP contribution in [0.4, 0.5) is 0 Å². The first-order valence-electron chi connectivity index (χ1n) is 12.3. The SMILES string of the molecule is CN(C)C1CC/C2=C/C=C/CC3(C)C(c4ccc5[nH]ncc5c4)=CC[C@H]3[C@@H]3CC[C@]2(C1)O3. The molecule has 4 heteroatoms. The predicted molar refractivity (Wildman–Crippen MR) is 130 cm³/mol. The molecule has 2 aromatic rings. The standard InChI is InChI=1S/C28H35N3O/c1-27-14-5-4-6-21-8-9-22(31(2)3)17-28(21)15-13-26(32-28)24(27)11-10-23(27)19-7-12-25-20(16-19)18-29-30-25/h4-7,10,12,16,18,22,24,26H,8-9,11,13-15,17H2,1-3H3,(H,29,30)/b5-4+,21-6-/t22?,24-,26-,27?,28+/m0/s1. The number of H-pyrrole nitrogens is 1. The summed E-state index contributed by atoms with van der Waals surface area (Å²) in [5.74, 6) is 0.528. The van der Waals surface area contributed by atoms with Crippen LogP contribution in [0.25, 0.3) is 16.5 Å². The minimum Gasteiger partial charge on any atom is -0.367 e. The van der Waals surface area contributed by atoms with Gasteiger partial charge in [-0.25, -0.2) is 0 Å². The van der Waals surface area contributed by atoms with Crippen LogP contribution in [0.5, 0.6) is 0 Å². The topological polar surface area (TPSA) is 41.2 Å². The molecule has 1 saturated carbocycles. The third kappa shape index (κ3) is 3.07. The normalized spacial score (nSPS) is 39.3. The Morgan fingerprint density at radius 2 is 2.12 bits per heavy atom. The Morgan fingerprint density at radius 1 is 1.22 bits per heavy atom. The van der Waals surface area contributed by atoms with E-state index >= 15 is 0 Å². The Balaban J connectivity index is 1.36. The second-order valence-electron chi connectivity index (χ2n) is 10.9. The second kappa shape index (κ2) is 7.43. The molecule has 168 valence electrons. The molecule has 1 spiro atoms. The number of hydrogen-bond donors (Lipinski definition) is 1. The molecule has 2 aliphatic carbocycles. The van der Waals surface area contributed by atoms with Gasteiger partial charge in [0.15, 0.2) is 0 Å². The lowest BCUT2D eigenvalue weighted by Crippen LogP contribution is -2.46. The van der Waals surface area contributed by atoms with E-state index in [1.807, 2.05) is 6.20 Å².